The van der Waals surface area contributed by atoms with Gasteiger partial charge in [0.1, 0.15) is 11.6 Å². The van der Waals surface area contributed by atoms with E-state index in [1.807, 2.05) is 19.2 Å². The Morgan fingerprint density at radius 3 is 2.71 bits per heavy atom. The van der Waals surface area contributed by atoms with Crippen LogP contribution < -0.4 is 0 Å². The number of halogens is 1. The molecular formula is C12H11ClN2OS. The van der Waals surface area contributed by atoms with Crippen molar-refractivity contribution in [3.05, 3.63) is 29.0 Å². The lowest BCUT2D eigenvalue weighted by atomic mass is 10.1. The van der Waals surface area contributed by atoms with Gasteiger partial charge in [0.15, 0.2) is 5.78 Å². The Bertz CT molecular complexity index is 532. The van der Waals surface area contributed by atoms with Gasteiger partial charge in [-0.25, -0.2) is 4.98 Å². The standard InChI is InChI=1S/C12H11ClN2OS/c1-7-6-15-11(17-3)4-9(7)12(13)10(5-14)8(2)16/h4,6H,1-3H3/b12-10+. The maximum Gasteiger partial charge on any atom is 0.171 e. The minimum absolute atomic E-state index is 0.0204. The van der Waals surface area contributed by atoms with Crippen LogP contribution in [0.15, 0.2) is 22.9 Å². The molecule has 0 saturated heterocycles. The van der Waals surface area contributed by atoms with E-state index in [-0.39, 0.29) is 16.4 Å². The highest BCUT2D eigenvalue weighted by atomic mass is 35.5. The molecule has 3 nitrogen and oxygen atoms in total. The Hall–Kier alpha value is -1.31. The molecule has 0 fully saturated rings. The lowest BCUT2D eigenvalue weighted by Gasteiger charge is -2.07. The van der Waals surface area contributed by atoms with Crippen molar-refractivity contribution in [1.82, 2.24) is 4.98 Å². The first-order valence-corrected chi connectivity index (χ1v) is 6.43. The van der Waals surface area contributed by atoms with Crippen LogP contribution in [0.25, 0.3) is 5.03 Å². The molecule has 1 aromatic rings. The SMILES string of the molecule is CSc1cc(/C(Cl)=C(/C#N)C(C)=O)c(C)cn1. The van der Waals surface area contributed by atoms with Gasteiger partial charge >= 0.3 is 0 Å². The summed E-state index contributed by atoms with van der Waals surface area (Å²) < 4.78 is 0. The predicted octanol–water partition coefficient (Wildman–Crippen LogP) is 3.17. The number of hydrogen-bond donors (Lipinski definition) is 0. The second-order valence-electron chi connectivity index (χ2n) is 3.40. The van der Waals surface area contributed by atoms with Gasteiger partial charge in [-0.05, 0) is 31.7 Å². The number of carbonyl (C=O) groups is 1. The fraction of sp³-hybridized carbons (Fsp3) is 0.250. The molecule has 0 saturated carbocycles. The molecule has 0 unspecified atom stereocenters. The first kappa shape index (κ1) is 13.8. The summed E-state index contributed by atoms with van der Waals surface area (Å²) in [6.07, 6.45) is 3.58. The highest BCUT2D eigenvalue weighted by molar-refractivity contribution is 7.98. The molecule has 88 valence electrons. The zero-order valence-electron chi connectivity index (χ0n) is 9.74. The normalized spacial score (nSPS) is 11.7. The molecule has 5 heteroatoms. The first-order valence-electron chi connectivity index (χ1n) is 4.83. The number of Topliss-reactive ketones (excluding diaryl/α,β-unsaturated/α-hetero) is 1. The topological polar surface area (TPSA) is 53.8 Å². The van der Waals surface area contributed by atoms with Gasteiger partial charge in [-0.15, -0.1) is 11.8 Å². The Morgan fingerprint density at radius 1 is 1.59 bits per heavy atom. The zero-order valence-corrected chi connectivity index (χ0v) is 11.3. The molecule has 17 heavy (non-hydrogen) atoms. The van der Waals surface area contributed by atoms with Crippen LogP contribution in [0.5, 0.6) is 0 Å². The van der Waals surface area contributed by atoms with E-state index in [9.17, 15) is 4.79 Å². The molecule has 0 spiro atoms. The van der Waals surface area contributed by atoms with Crippen LogP contribution in [0.2, 0.25) is 0 Å². The zero-order chi connectivity index (χ0) is 13.0. The highest BCUT2D eigenvalue weighted by Gasteiger charge is 2.14. The predicted molar refractivity (Wildman–Crippen MR) is 69.8 cm³/mol. The van der Waals surface area contributed by atoms with Gasteiger partial charge in [0, 0.05) is 11.8 Å². The van der Waals surface area contributed by atoms with Gasteiger partial charge in [0.05, 0.1) is 10.1 Å². The monoisotopic (exact) mass is 266 g/mol. The van der Waals surface area contributed by atoms with Crippen molar-refractivity contribution < 1.29 is 4.79 Å². The molecule has 0 amide bonds. The summed E-state index contributed by atoms with van der Waals surface area (Å²) in [5.41, 5.74) is 1.49. The van der Waals surface area contributed by atoms with Gasteiger partial charge in [-0.2, -0.15) is 5.26 Å². The summed E-state index contributed by atoms with van der Waals surface area (Å²) in [7, 11) is 0. The lowest BCUT2D eigenvalue weighted by molar-refractivity contribution is -0.113. The number of ketones is 1. The number of aryl methyl sites for hydroxylation is 1. The average Bonchev–Trinajstić information content (AvgIpc) is 2.30. The van der Waals surface area contributed by atoms with E-state index in [4.69, 9.17) is 16.9 Å². The molecule has 0 aliphatic rings. The smallest absolute Gasteiger partial charge is 0.171 e. The fourth-order valence-electron chi connectivity index (χ4n) is 1.27. The van der Waals surface area contributed by atoms with Crippen LogP contribution in [-0.2, 0) is 4.79 Å². The maximum atomic E-state index is 11.3. The van der Waals surface area contributed by atoms with Crippen molar-refractivity contribution >= 4 is 34.2 Å². The van der Waals surface area contributed by atoms with E-state index < -0.39 is 0 Å². The quantitative estimate of drug-likeness (QED) is 0.479. The van der Waals surface area contributed by atoms with Crippen molar-refractivity contribution in [3.8, 4) is 6.07 Å². The number of aromatic nitrogens is 1. The molecule has 0 radical (unpaired) electrons. The van der Waals surface area contributed by atoms with Gasteiger partial charge < -0.3 is 0 Å². The fourth-order valence-corrected chi connectivity index (χ4v) is 2.04. The molecule has 1 rings (SSSR count). The van der Waals surface area contributed by atoms with Crippen LogP contribution >= 0.6 is 23.4 Å². The van der Waals surface area contributed by atoms with Crippen LogP contribution in [0, 0.1) is 18.3 Å². The molecular weight excluding hydrogens is 256 g/mol. The summed E-state index contributed by atoms with van der Waals surface area (Å²) in [6, 6.07) is 3.62. The highest BCUT2D eigenvalue weighted by Crippen LogP contribution is 2.28. The number of hydrogen-bond acceptors (Lipinski definition) is 4. The maximum absolute atomic E-state index is 11.3. The Balaban J connectivity index is 3.43. The van der Waals surface area contributed by atoms with E-state index in [1.165, 1.54) is 18.7 Å². The van der Waals surface area contributed by atoms with Gasteiger partial charge in [-0.3, -0.25) is 4.79 Å². The number of nitrogens with zero attached hydrogens (tertiary/aromatic N) is 2. The van der Waals surface area contributed by atoms with Crippen molar-refractivity contribution in [1.29, 1.82) is 5.26 Å². The third kappa shape index (κ3) is 3.09. The second-order valence-corrected chi connectivity index (χ2v) is 4.60. The molecule has 0 bridgehead atoms. The van der Waals surface area contributed by atoms with Crippen molar-refractivity contribution in [2.45, 2.75) is 18.9 Å². The van der Waals surface area contributed by atoms with Gasteiger partial charge in [0.2, 0.25) is 0 Å². The van der Waals surface area contributed by atoms with E-state index in [1.54, 1.807) is 12.3 Å². The number of carbonyl (C=O) groups excluding carboxylic acids is 1. The van der Waals surface area contributed by atoms with E-state index in [0.717, 1.165) is 10.6 Å². The van der Waals surface area contributed by atoms with Gasteiger partial charge in [-0.1, -0.05) is 11.6 Å². The number of allylic oxidation sites excluding steroid dienone is 1. The van der Waals surface area contributed by atoms with Gasteiger partial charge in [0.25, 0.3) is 0 Å². The Morgan fingerprint density at radius 2 is 2.24 bits per heavy atom. The van der Waals surface area contributed by atoms with Crippen LogP contribution in [0.3, 0.4) is 0 Å². The van der Waals surface area contributed by atoms with Crippen molar-refractivity contribution in [2.75, 3.05) is 6.26 Å². The number of nitriles is 1. The lowest BCUT2D eigenvalue weighted by Crippen LogP contribution is -1.98. The van der Waals surface area contributed by atoms with Crippen LogP contribution in [0.1, 0.15) is 18.1 Å². The largest absolute Gasteiger partial charge is 0.294 e. The summed E-state index contributed by atoms with van der Waals surface area (Å²) >= 11 is 7.58. The third-order valence-corrected chi connectivity index (χ3v) is 3.24. The van der Waals surface area contributed by atoms with Crippen molar-refractivity contribution in [2.24, 2.45) is 0 Å². The van der Waals surface area contributed by atoms with E-state index in [2.05, 4.69) is 4.98 Å². The summed E-state index contributed by atoms with van der Waals surface area (Å²) in [4.78, 5) is 15.5. The van der Waals surface area contributed by atoms with E-state index >= 15 is 0 Å². The molecule has 1 heterocycles. The number of pyridine rings is 1. The van der Waals surface area contributed by atoms with Crippen LogP contribution in [0.4, 0.5) is 0 Å². The minimum atomic E-state index is -0.334. The number of thioether (sulfide) groups is 1. The summed E-state index contributed by atoms with van der Waals surface area (Å²) in [5.74, 6) is -0.334. The average molecular weight is 267 g/mol. The molecule has 0 N–H and O–H groups in total. The van der Waals surface area contributed by atoms with Crippen LogP contribution in [-0.4, -0.2) is 17.0 Å². The van der Waals surface area contributed by atoms with E-state index in [0.29, 0.717) is 5.56 Å². The van der Waals surface area contributed by atoms with Crippen molar-refractivity contribution in [3.63, 3.8) is 0 Å². The first-order chi connectivity index (χ1) is 8.01. The molecule has 0 aromatic carbocycles. The Labute approximate surface area is 109 Å². The molecule has 1 aromatic heterocycles. The minimum Gasteiger partial charge on any atom is -0.294 e. The third-order valence-electron chi connectivity index (χ3n) is 2.21. The molecule has 0 aliphatic carbocycles. The summed E-state index contributed by atoms with van der Waals surface area (Å²) in [5, 5.41) is 9.90. The molecule has 0 atom stereocenters. The Kier molecular flexibility index (Phi) is 4.73. The molecule has 0 aliphatic heterocycles. The summed E-state index contributed by atoms with van der Waals surface area (Å²) in [6.45, 7) is 3.16. The number of rotatable bonds is 3. The second kappa shape index (κ2) is 5.85.